The molecular weight excluding hydrogens is 314 g/mol. The number of carbonyl (C=O) groups is 1. The minimum Gasteiger partial charge on any atom is -0.348 e. The molecule has 0 atom stereocenters. The molecule has 3 rings (SSSR count). The lowest BCUT2D eigenvalue weighted by Crippen LogP contribution is -2.23. The molecule has 0 radical (unpaired) electrons. The number of nitrogens with zero attached hydrogens (tertiary/aromatic N) is 3. The number of tetrazole rings is 1. The van der Waals surface area contributed by atoms with Crippen LogP contribution in [0.2, 0.25) is 0 Å². The second kappa shape index (κ2) is 6.84. The van der Waals surface area contributed by atoms with Crippen molar-refractivity contribution in [1.82, 2.24) is 25.9 Å². The summed E-state index contributed by atoms with van der Waals surface area (Å²) in [6, 6.07) is 15.5. The molecule has 3 aromatic rings. The Balaban J connectivity index is 1.60. The molecule has 0 fully saturated rings. The fourth-order valence-electron chi connectivity index (χ4n) is 2.46. The molecule has 0 saturated heterocycles. The van der Waals surface area contributed by atoms with E-state index in [9.17, 15) is 4.79 Å². The standard InChI is InChI=1S/C19H21N5O/c1-19(2,3)16-10-8-15(9-11-16)18(25)20-12-13-4-6-14(7-5-13)17-21-23-24-22-17/h4-11H,12H2,1-3H3,(H,20,25)(H,21,22,23,24). The number of benzene rings is 2. The molecule has 1 heterocycles. The van der Waals surface area contributed by atoms with Crippen LogP contribution in [0.5, 0.6) is 0 Å². The number of aromatic amines is 1. The van der Waals surface area contributed by atoms with Crippen LogP contribution in [0.4, 0.5) is 0 Å². The lowest BCUT2D eigenvalue weighted by molar-refractivity contribution is 0.0951. The predicted octanol–water partition coefficient (Wildman–Crippen LogP) is 3.09. The van der Waals surface area contributed by atoms with Gasteiger partial charge in [0.25, 0.3) is 5.91 Å². The van der Waals surface area contributed by atoms with Crippen molar-refractivity contribution in [2.24, 2.45) is 0 Å². The summed E-state index contributed by atoms with van der Waals surface area (Å²) in [5.41, 5.74) is 3.83. The molecule has 0 saturated carbocycles. The number of carbonyl (C=O) groups excluding carboxylic acids is 1. The lowest BCUT2D eigenvalue weighted by atomic mass is 9.87. The summed E-state index contributed by atoms with van der Waals surface area (Å²) in [6.45, 7) is 6.92. The molecule has 0 spiro atoms. The molecule has 1 aromatic heterocycles. The Morgan fingerprint density at radius 2 is 1.72 bits per heavy atom. The molecule has 25 heavy (non-hydrogen) atoms. The minimum absolute atomic E-state index is 0.0788. The Hall–Kier alpha value is -3.02. The summed E-state index contributed by atoms with van der Waals surface area (Å²) in [6.07, 6.45) is 0. The lowest BCUT2D eigenvalue weighted by Gasteiger charge is -2.19. The van der Waals surface area contributed by atoms with E-state index in [1.807, 2.05) is 48.5 Å². The van der Waals surface area contributed by atoms with Crippen molar-refractivity contribution >= 4 is 5.91 Å². The van der Waals surface area contributed by atoms with Crippen molar-refractivity contribution in [2.75, 3.05) is 0 Å². The number of rotatable bonds is 4. The summed E-state index contributed by atoms with van der Waals surface area (Å²) >= 11 is 0. The van der Waals surface area contributed by atoms with E-state index < -0.39 is 0 Å². The smallest absolute Gasteiger partial charge is 0.251 e. The van der Waals surface area contributed by atoms with Gasteiger partial charge in [0.05, 0.1) is 0 Å². The Morgan fingerprint density at radius 1 is 1.04 bits per heavy atom. The van der Waals surface area contributed by atoms with Crippen LogP contribution in [0.15, 0.2) is 48.5 Å². The van der Waals surface area contributed by atoms with Gasteiger partial charge in [-0.05, 0) is 33.9 Å². The maximum atomic E-state index is 12.3. The zero-order valence-electron chi connectivity index (χ0n) is 14.6. The summed E-state index contributed by atoms with van der Waals surface area (Å²) in [4.78, 5) is 12.3. The van der Waals surface area contributed by atoms with Crippen molar-refractivity contribution in [2.45, 2.75) is 32.7 Å². The van der Waals surface area contributed by atoms with E-state index in [1.165, 1.54) is 5.56 Å². The van der Waals surface area contributed by atoms with Crippen LogP contribution in [-0.4, -0.2) is 26.5 Å². The van der Waals surface area contributed by atoms with Crippen LogP contribution >= 0.6 is 0 Å². The van der Waals surface area contributed by atoms with E-state index in [1.54, 1.807) is 0 Å². The highest BCUT2D eigenvalue weighted by molar-refractivity contribution is 5.94. The molecule has 0 aliphatic heterocycles. The van der Waals surface area contributed by atoms with E-state index in [4.69, 9.17) is 0 Å². The zero-order chi connectivity index (χ0) is 17.9. The third kappa shape index (κ3) is 4.09. The zero-order valence-corrected chi connectivity index (χ0v) is 14.6. The fraction of sp³-hybridized carbons (Fsp3) is 0.263. The maximum Gasteiger partial charge on any atom is 0.251 e. The van der Waals surface area contributed by atoms with E-state index >= 15 is 0 Å². The second-order valence-corrected chi connectivity index (χ2v) is 6.94. The molecule has 6 heteroatoms. The average Bonchev–Trinajstić information content (AvgIpc) is 3.14. The summed E-state index contributed by atoms with van der Waals surface area (Å²) < 4.78 is 0. The van der Waals surface area contributed by atoms with Crippen molar-refractivity contribution in [3.05, 3.63) is 65.2 Å². The molecule has 0 unspecified atom stereocenters. The average molecular weight is 335 g/mol. The molecule has 128 valence electrons. The van der Waals surface area contributed by atoms with E-state index in [0.29, 0.717) is 17.9 Å². The SMILES string of the molecule is CC(C)(C)c1ccc(C(=O)NCc2ccc(-c3nn[nH]n3)cc2)cc1. The highest BCUT2D eigenvalue weighted by Gasteiger charge is 2.14. The van der Waals surface area contributed by atoms with Gasteiger partial charge in [0.1, 0.15) is 0 Å². The van der Waals surface area contributed by atoms with E-state index in [0.717, 1.165) is 11.1 Å². The first-order valence-electron chi connectivity index (χ1n) is 8.15. The van der Waals surface area contributed by atoms with Gasteiger partial charge in [-0.1, -0.05) is 57.2 Å². The first-order valence-corrected chi connectivity index (χ1v) is 8.15. The van der Waals surface area contributed by atoms with Gasteiger partial charge in [-0.2, -0.15) is 5.21 Å². The van der Waals surface area contributed by atoms with Crippen molar-refractivity contribution < 1.29 is 4.79 Å². The molecule has 0 aliphatic rings. The van der Waals surface area contributed by atoms with Gasteiger partial charge in [-0.15, -0.1) is 10.2 Å². The highest BCUT2D eigenvalue weighted by Crippen LogP contribution is 2.22. The van der Waals surface area contributed by atoms with Crippen LogP contribution in [0.1, 0.15) is 42.3 Å². The molecule has 6 nitrogen and oxygen atoms in total. The van der Waals surface area contributed by atoms with Gasteiger partial charge in [0.2, 0.25) is 5.82 Å². The molecule has 0 aliphatic carbocycles. The first kappa shape index (κ1) is 16.8. The van der Waals surface area contributed by atoms with Gasteiger partial charge in [0, 0.05) is 17.7 Å². The van der Waals surface area contributed by atoms with E-state index in [-0.39, 0.29) is 11.3 Å². The number of hydrogen-bond acceptors (Lipinski definition) is 4. The largest absolute Gasteiger partial charge is 0.348 e. The number of aromatic nitrogens is 4. The Bertz CT molecular complexity index is 831. The predicted molar refractivity (Wildman–Crippen MR) is 95.9 cm³/mol. The minimum atomic E-state index is -0.0808. The molecule has 2 aromatic carbocycles. The van der Waals surface area contributed by atoms with Gasteiger partial charge < -0.3 is 5.32 Å². The molecule has 1 amide bonds. The number of nitrogens with one attached hydrogen (secondary N) is 2. The summed E-state index contributed by atoms with van der Waals surface area (Å²) in [5, 5.41) is 16.8. The molecule has 0 bridgehead atoms. The Morgan fingerprint density at radius 3 is 2.28 bits per heavy atom. The molecule has 2 N–H and O–H groups in total. The molecular formula is C19H21N5O. The number of H-pyrrole nitrogens is 1. The van der Waals surface area contributed by atoms with Crippen LogP contribution in [-0.2, 0) is 12.0 Å². The second-order valence-electron chi connectivity index (χ2n) is 6.94. The fourth-order valence-corrected chi connectivity index (χ4v) is 2.46. The normalized spacial score (nSPS) is 11.3. The quantitative estimate of drug-likeness (QED) is 0.767. The van der Waals surface area contributed by atoms with E-state index in [2.05, 4.69) is 46.7 Å². The van der Waals surface area contributed by atoms with Crippen molar-refractivity contribution in [1.29, 1.82) is 0 Å². The monoisotopic (exact) mass is 335 g/mol. The Kier molecular flexibility index (Phi) is 4.61. The number of amides is 1. The van der Waals surface area contributed by atoms with Crippen LogP contribution < -0.4 is 5.32 Å². The van der Waals surface area contributed by atoms with Gasteiger partial charge in [0.15, 0.2) is 0 Å². The van der Waals surface area contributed by atoms with Crippen molar-refractivity contribution in [3.8, 4) is 11.4 Å². The first-order chi connectivity index (χ1) is 11.9. The maximum absolute atomic E-state index is 12.3. The van der Waals surface area contributed by atoms with Gasteiger partial charge >= 0.3 is 0 Å². The number of hydrogen-bond donors (Lipinski definition) is 2. The summed E-state index contributed by atoms with van der Waals surface area (Å²) in [5.74, 6) is 0.470. The third-order valence-electron chi connectivity index (χ3n) is 4.02. The Labute approximate surface area is 146 Å². The third-order valence-corrected chi connectivity index (χ3v) is 4.02. The van der Waals surface area contributed by atoms with Gasteiger partial charge in [-0.25, -0.2) is 0 Å². The summed E-state index contributed by atoms with van der Waals surface area (Å²) in [7, 11) is 0. The van der Waals surface area contributed by atoms with Gasteiger partial charge in [-0.3, -0.25) is 4.79 Å². The highest BCUT2D eigenvalue weighted by atomic mass is 16.1. The van der Waals surface area contributed by atoms with Crippen LogP contribution in [0, 0.1) is 0 Å². The van der Waals surface area contributed by atoms with Crippen molar-refractivity contribution in [3.63, 3.8) is 0 Å². The topological polar surface area (TPSA) is 83.6 Å². The van der Waals surface area contributed by atoms with Crippen LogP contribution in [0.3, 0.4) is 0 Å². The van der Waals surface area contributed by atoms with Crippen LogP contribution in [0.25, 0.3) is 11.4 Å².